The van der Waals surface area contributed by atoms with Gasteiger partial charge >= 0.3 is 0 Å². The number of hydrogen-bond donors (Lipinski definition) is 1. The quantitative estimate of drug-likeness (QED) is 0.883. The zero-order valence-electron chi connectivity index (χ0n) is 10.7. The van der Waals surface area contributed by atoms with Crippen LogP contribution in [-0.4, -0.2) is 4.98 Å². The Bertz CT molecular complexity index is 600. The molecular formula is C15H15BrN2. The number of aromatic nitrogens is 1. The van der Waals surface area contributed by atoms with E-state index >= 15 is 0 Å². The lowest BCUT2D eigenvalue weighted by molar-refractivity contribution is 0.619. The van der Waals surface area contributed by atoms with Gasteiger partial charge in [-0.2, -0.15) is 5.26 Å². The highest BCUT2D eigenvalue weighted by Gasteiger charge is 2.28. The molecule has 0 unspecified atom stereocenters. The maximum Gasteiger partial charge on any atom is 0.102 e. The molecule has 1 N–H and O–H groups in total. The van der Waals surface area contributed by atoms with Gasteiger partial charge in [-0.05, 0) is 28.4 Å². The summed E-state index contributed by atoms with van der Waals surface area (Å²) in [5.74, 6) is 0. The number of hydrogen-bond acceptors (Lipinski definition) is 1. The minimum atomic E-state index is -0.217. The second-order valence-electron chi connectivity index (χ2n) is 4.99. The van der Waals surface area contributed by atoms with Crippen LogP contribution in [0.5, 0.6) is 0 Å². The molecule has 0 bridgehead atoms. The lowest BCUT2D eigenvalue weighted by Crippen LogP contribution is -2.20. The van der Waals surface area contributed by atoms with Crippen LogP contribution in [0.25, 0.3) is 0 Å². The van der Waals surface area contributed by atoms with Crippen molar-refractivity contribution in [1.29, 1.82) is 5.26 Å². The van der Waals surface area contributed by atoms with Gasteiger partial charge in [0, 0.05) is 17.3 Å². The van der Waals surface area contributed by atoms with Gasteiger partial charge in [-0.25, -0.2) is 0 Å². The third-order valence-corrected chi connectivity index (χ3v) is 3.97. The van der Waals surface area contributed by atoms with Gasteiger partial charge in [-0.3, -0.25) is 0 Å². The van der Waals surface area contributed by atoms with Crippen LogP contribution in [0.4, 0.5) is 0 Å². The molecule has 0 atom stereocenters. The Morgan fingerprint density at radius 2 is 1.83 bits per heavy atom. The SMILES string of the molecule is Cc1ccc(C(C)(C)c2[nH]cc(Br)c2C#N)cc1. The fraction of sp³-hybridized carbons (Fsp3) is 0.267. The Morgan fingerprint density at radius 3 is 2.39 bits per heavy atom. The summed E-state index contributed by atoms with van der Waals surface area (Å²) in [4.78, 5) is 3.21. The van der Waals surface area contributed by atoms with E-state index in [2.05, 4.69) is 72.0 Å². The summed E-state index contributed by atoms with van der Waals surface area (Å²) in [5, 5.41) is 9.24. The molecule has 1 aromatic carbocycles. The van der Waals surface area contributed by atoms with Gasteiger partial charge in [-0.15, -0.1) is 0 Å². The van der Waals surface area contributed by atoms with Crippen molar-refractivity contribution in [2.24, 2.45) is 0 Å². The van der Waals surface area contributed by atoms with Crippen LogP contribution in [0.2, 0.25) is 0 Å². The van der Waals surface area contributed by atoms with Crippen molar-refractivity contribution in [3.05, 3.63) is 57.3 Å². The van der Waals surface area contributed by atoms with E-state index in [4.69, 9.17) is 0 Å². The molecule has 0 saturated carbocycles. The number of H-pyrrole nitrogens is 1. The predicted molar refractivity (Wildman–Crippen MR) is 76.5 cm³/mol. The second kappa shape index (κ2) is 4.62. The fourth-order valence-electron chi connectivity index (χ4n) is 2.12. The Labute approximate surface area is 116 Å². The van der Waals surface area contributed by atoms with Gasteiger partial charge in [0.25, 0.3) is 0 Å². The van der Waals surface area contributed by atoms with Crippen LogP contribution in [-0.2, 0) is 5.41 Å². The van der Waals surface area contributed by atoms with Crippen molar-refractivity contribution in [3.8, 4) is 6.07 Å². The number of rotatable bonds is 2. The molecule has 0 radical (unpaired) electrons. The van der Waals surface area contributed by atoms with Crippen molar-refractivity contribution in [2.75, 3.05) is 0 Å². The molecule has 0 aliphatic carbocycles. The zero-order valence-corrected chi connectivity index (χ0v) is 12.3. The Balaban J connectivity index is 2.54. The lowest BCUT2D eigenvalue weighted by Gasteiger charge is -2.25. The van der Waals surface area contributed by atoms with Gasteiger partial charge in [0.1, 0.15) is 6.07 Å². The number of nitriles is 1. The smallest absolute Gasteiger partial charge is 0.102 e. The number of halogens is 1. The molecule has 0 aliphatic heterocycles. The minimum absolute atomic E-state index is 0.217. The van der Waals surface area contributed by atoms with E-state index in [9.17, 15) is 5.26 Å². The molecular weight excluding hydrogens is 288 g/mol. The second-order valence-corrected chi connectivity index (χ2v) is 5.84. The third-order valence-electron chi connectivity index (χ3n) is 3.34. The maximum absolute atomic E-state index is 9.24. The number of nitrogens with zero attached hydrogens (tertiary/aromatic N) is 1. The number of nitrogens with one attached hydrogen (secondary N) is 1. The molecule has 2 rings (SSSR count). The molecule has 2 aromatic rings. The van der Waals surface area contributed by atoms with Crippen LogP contribution in [0.3, 0.4) is 0 Å². The summed E-state index contributed by atoms with van der Waals surface area (Å²) >= 11 is 3.40. The van der Waals surface area contributed by atoms with Gasteiger partial charge in [0.2, 0.25) is 0 Å². The van der Waals surface area contributed by atoms with Crippen molar-refractivity contribution < 1.29 is 0 Å². The molecule has 0 aliphatic rings. The summed E-state index contributed by atoms with van der Waals surface area (Å²) < 4.78 is 0.820. The van der Waals surface area contributed by atoms with Crippen LogP contribution >= 0.6 is 15.9 Å². The van der Waals surface area contributed by atoms with Crippen LogP contribution in [0, 0.1) is 18.3 Å². The molecule has 0 spiro atoms. The van der Waals surface area contributed by atoms with Gasteiger partial charge < -0.3 is 4.98 Å². The summed E-state index contributed by atoms with van der Waals surface area (Å²) in [7, 11) is 0. The van der Waals surface area contributed by atoms with Crippen LogP contribution < -0.4 is 0 Å². The number of benzene rings is 1. The fourth-order valence-corrected chi connectivity index (χ4v) is 2.52. The van der Waals surface area contributed by atoms with Crippen molar-refractivity contribution in [2.45, 2.75) is 26.2 Å². The highest BCUT2D eigenvalue weighted by atomic mass is 79.9. The van der Waals surface area contributed by atoms with Gasteiger partial charge in [-0.1, -0.05) is 43.7 Å². The molecule has 2 nitrogen and oxygen atoms in total. The van der Waals surface area contributed by atoms with E-state index in [-0.39, 0.29) is 5.41 Å². The molecule has 0 amide bonds. The minimum Gasteiger partial charge on any atom is -0.362 e. The first kappa shape index (κ1) is 12.9. The molecule has 0 fully saturated rings. The average molecular weight is 303 g/mol. The molecule has 1 aromatic heterocycles. The van der Waals surface area contributed by atoms with E-state index < -0.39 is 0 Å². The molecule has 3 heteroatoms. The first-order valence-corrected chi connectivity index (χ1v) is 6.60. The highest BCUT2D eigenvalue weighted by molar-refractivity contribution is 9.10. The standard InChI is InChI=1S/C15H15BrN2/c1-10-4-6-11(7-5-10)15(2,3)14-12(8-17)13(16)9-18-14/h4-7,9,18H,1-3H3. The topological polar surface area (TPSA) is 39.6 Å². The Kier molecular flexibility index (Phi) is 3.32. The number of aryl methyl sites for hydroxylation is 1. The van der Waals surface area contributed by atoms with Crippen molar-refractivity contribution in [1.82, 2.24) is 4.98 Å². The summed E-state index contributed by atoms with van der Waals surface area (Å²) in [6.07, 6.45) is 1.82. The number of aromatic amines is 1. The first-order chi connectivity index (χ1) is 8.46. The monoisotopic (exact) mass is 302 g/mol. The molecule has 0 saturated heterocycles. The molecule has 92 valence electrons. The van der Waals surface area contributed by atoms with E-state index in [0.29, 0.717) is 5.56 Å². The average Bonchev–Trinajstić information content (AvgIpc) is 2.71. The summed E-state index contributed by atoms with van der Waals surface area (Å²) in [5.41, 5.74) is 3.84. The van der Waals surface area contributed by atoms with E-state index in [0.717, 1.165) is 10.2 Å². The zero-order chi connectivity index (χ0) is 13.3. The summed E-state index contributed by atoms with van der Waals surface area (Å²) in [6.45, 7) is 6.32. The lowest BCUT2D eigenvalue weighted by atomic mass is 9.80. The maximum atomic E-state index is 9.24. The molecule has 1 heterocycles. The van der Waals surface area contributed by atoms with E-state index in [1.807, 2.05) is 6.20 Å². The van der Waals surface area contributed by atoms with Crippen molar-refractivity contribution in [3.63, 3.8) is 0 Å². The highest BCUT2D eigenvalue weighted by Crippen LogP contribution is 2.35. The predicted octanol–water partition coefficient (Wildman–Crippen LogP) is 4.28. The largest absolute Gasteiger partial charge is 0.362 e. The normalized spacial score (nSPS) is 11.3. The third kappa shape index (κ3) is 2.09. The Hall–Kier alpha value is -1.53. The van der Waals surface area contributed by atoms with Crippen molar-refractivity contribution >= 4 is 15.9 Å². The van der Waals surface area contributed by atoms with Gasteiger partial charge in [0.15, 0.2) is 0 Å². The van der Waals surface area contributed by atoms with E-state index in [1.54, 1.807) is 0 Å². The Morgan fingerprint density at radius 1 is 1.22 bits per heavy atom. The first-order valence-electron chi connectivity index (χ1n) is 5.81. The van der Waals surface area contributed by atoms with Gasteiger partial charge in [0.05, 0.1) is 10.0 Å². The van der Waals surface area contributed by atoms with E-state index in [1.165, 1.54) is 11.1 Å². The van der Waals surface area contributed by atoms with Crippen LogP contribution in [0.1, 0.15) is 36.2 Å². The summed E-state index contributed by atoms with van der Waals surface area (Å²) in [6, 6.07) is 10.7. The molecule has 18 heavy (non-hydrogen) atoms. The van der Waals surface area contributed by atoms with Crippen LogP contribution in [0.15, 0.2) is 34.9 Å².